The van der Waals surface area contributed by atoms with E-state index in [-0.39, 0.29) is 6.04 Å². The van der Waals surface area contributed by atoms with E-state index in [1.165, 1.54) is 0 Å². The Hall–Kier alpha value is -0.430. The Labute approximate surface area is 123 Å². The summed E-state index contributed by atoms with van der Waals surface area (Å²) in [5.41, 5.74) is 0.924. The molecule has 1 heterocycles. The van der Waals surface area contributed by atoms with Crippen LogP contribution in [-0.4, -0.2) is 27.5 Å². The highest BCUT2D eigenvalue weighted by atomic mass is 79.9. The Morgan fingerprint density at radius 3 is 2.74 bits per heavy atom. The van der Waals surface area contributed by atoms with Crippen molar-refractivity contribution in [1.82, 2.24) is 10.0 Å². The van der Waals surface area contributed by atoms with Gasteiger partial charge in [-0.2, -0.15) is 0 Å². The largest absolute Gasteiger partial charge is 0.316 e. The van der Waals surface area contributed by atoms with E-state index in [0.717, 1.165) is 29.5 Å². The molecule has 0 aromatic heterocycles. The molecule has 6 heteroatoms. The molecule has 1 aliphatic heterocycles. The summed E-state index contributed by atoms with van der Waals surface area (Å²) < 4.78 is 28.4. The second kappa shape index (κ2) is 5.91. The molecule has 0 radical (unpaired) electrons. The van der Waals surface area contributed by atoms with Gasteiger partial charge in [-0.15, -0.1) is 0 Å². The molecule has 0 bridgehead atoms. The van der Waals surface area contributed by atoms with Gasteiger partial charge in [0.25, 0.3) is 0 Å². The van der Waals surface area contributed by atoms with Crippen molar-refractivity contribution in [2.75, 3.05) is 13.1 Å². The van der Waals surface area contributed by atoms with Gasteiger partial charge < -0.3 is 5.32 Å². The maximum atomic E-state index is 12.4. The molecule has 1 aliphatic rings. The van der Waals surface area contributed by atoms with Gasteiger partial charge >= 0.3 is 0 Å². The van der Waals surface area contributed by atoms with Crippen LogP contribution in [0.3, 0.4) is 0 Å². The van der Waals surface area contributed by atoms with Gasteiger partial charge in [0.15, 0.2) is 0 Å². The number of rotatable bonds is 3. The third-order valence-corrected chi connectivity index (χ3v) is 5.34. The maximum Gasteiger partial charge on any atom is 0.240 e. The summed E-state index contributed by atoms with van der Waals surface area (Å²) in [6.07, 6.45) is 0.827. The molecule has 2 rings (SSSR count). The summed E-state index contributed by atoms with van der Waals surface area (Å²) in [6, 6.07) is 5.23. The molecule has 1 fully saturated rings. The van der Waals surface area contributed by atoms with Crippen molar-refractivity contribution >= 4 is 26.0 Å². The van der Waals surface area contributed by atoms with Crippen molar-refractivity contribution < 1.29 is 8.42 Å². The number of aryl methyl sites for hydroxylation is 1. The van der Waals surface area contributed by atoms with E-state index in [1.54, 1.807) is 12.1 Å². The Morgan fingerprint density at radius 1 is 1.37 bits per heavy atom. The van der Waals surface area contributed by atoms with Crippen LogP contribution in [0.5, 0.6) is 0 Å². The van der Waals surface area contributed by atoms with E-state index in [1.807, 2.05) is 13.0 Å². The lowest BCUT2D eigenvalue weighted by molar-refractivity contribution is 0.328. The van der Waals surface area contributed by atoms with Crippen molar-refractivity contribution in [3.05, 3.63) is 28.2 Å². The molecule has 1 aromatic rings. The summed E-state index contributed by atoms with van der Waals surface area (Å²) in [5.74, 6) is 0.303. The van der Waals surface area contributed by atoms with E-state index in [9.17, 15) is 8.42 Å². The van der Waals surface area contributed by atoms with Crippen molar-refractivity contribution in [2.45, 2.75) is 31.2 Å². The number of nitrogens with one attached hydrogen (secondary N) is 2. The van der Waals surface area contributed by atoms with Crippen LogP contribution in [0.4, 0.5) is 0 Å². The first-order valence-corrected chi connectivity index (χ1v) is 8.66. The highest BCUT2D eigenvalue weighted by Gasteiger charge is 2.26. The average molecular weight is 347 g/mol. The SMILES string of the molecule is Cc1cc(Br)cc(S(=O)(=O)NC2CCNCC2C)c1. The van der Waals surface area contributed by atoms with Gasteiger partial charge in [0.2, 0.25) is 10.0 Å². The molecule has 0 spiro atoms. The topological polar surface area (TPSA) is 58.2 Å². The standard InChI is InChI=1S/C13H19BrN2O2S/c1-9-5-11(14)7-12(6-9)19(17,18)16-13-3-4-15-8-10(13)2/h5-7,10,13,15-16H,3-4,8H2,1-2H3. The molecule has 1 aromatic carbocycles. The molecule has 4 nitrogen and oxygen atoms in total. The maximum absolute atomic E-state index is 12.4. The lowest BCUT2D eigenvalue weighted by atomic mass is 9.97. The fraction of sp³-hybridized carbons (Fsp3) is 0.538. The van der Waals surface area contributed by atoms with Gasteiger partial charge in [-0.3, -0.25) is 0 Å². The van der Waals surface area contributed by atoms with Crippen LogP contribution >= 0.6 is 15.9 Å². The van der Waals surface area contributed by atoms with Crippen LogP contribution < -0.4 is 10.0 Å². The van der Waals surface area contributed by atoms with E-state index in [4.69, 9.17) is 0 Å². The Kier molecular flexibility index (Phi) is 4.66. The van der Waals surface area contributed by atoms with Crippen LogP contribution in [-0.2, 0) is 10.0 Å². The Morgan fingerprint density at radius 2 is 2.11 bits per heavy atom. The molecular formula is C13H19BrN2O2S. The van der Waals surface area contributed by atoms with Gasteiger partial charge in [0.1, 0.15) is 0 Å². The molecule has 0 amide bonds. The van der Waals surface area contributed by atoms with E-state index >= 15 is 0 Å². The number of sulfonamides is 1. The van der Waals surface area contributed by atoms with Crippen molar-refractivity contribution in [3.63, 3.8) is 0 Å². The third kappa shape index (κ3) is 3.78. The van der Waals surface area contributed by atoms with Crippen LogP contribution in [0, 0.1) is 12.8 Å². The van der Waals surface area contributed by atoms with Crippen molar-refractivity contribution in [1.29, 1.82) is 0 Å². The predicted octanol–water partition coefficient (Wildman–Crippen LogP) is 2.03. The second-order valence-corrected chi connectivity index (χ2v) is 7.79. The lowest BCUT2D eigenvalue weighted by Gasteiger charge is -2.30. The van der Waals surface area contributed by atoms with Gasteiger partial charge in [-0.1, -0.05) is 22.9 Å². The van der Waals surface area contributed by atoms with Crippen LogP contribution in [0.15, 0.2) is 27.6 Å². The predicted molar refractivity (Wildman–Crippen MR) is 79.6 cm³/mol. The first-order valence-electron chi connectivity index (χ1n) is 6.39. The van der Waals surface area contributed by atoms with E-state index < -0.39 is 10.0 Å². The first kappa shape index (κ1) is 15.0. The monoisotopic (exact) mass is 346 g/mol. The highest BCUT2D eigenvalue weighted by Crippen LogP contribution is 2.21. The van der Waals surface area contributed by atoms with Gasteiger partial charge in [-0.05, 0) is 56.1 Å². The van der Waals surface area contributed by atoms with Gasteiger partial charge in [0, 0.05) is 10.5 Å². The molecule has 2 atom stereocenters. The highest BCUT2D eigenvalue weighted by molar-refractivity contribution is 9.10. The fourth-order valence-electron chi connectivity index (χ4n) is 2.31. The smallest absolute Gasteiger partial charge is 0.240 e. The second-order valence-electron chi connectivity index (χ2n) is 5.16. The molecule has 1 saturated heterocycles. The molecule has 2 N–H and O–H groups in total. The molecular weight excluding hydrogens is 328 g/mol. The van der Waals surface area contributed by atoms with Crippen LogP contribution in [0.2, 0.25) is 0 Å². The molecule has 0 saturated carbocycles. The van der Waals surface area contributed by atoms with Crippen LogP contribution in [0.1, 0.15) is 18.9 Å². The minimum absolute atomic E-state index is 0.00513. The Bertz CT molecular complexity index is 540. The first-order chi connectivity index (χ1) is 8.88. The zero-order chi connectivity index (χ0) is 14.0. The number of halogens is 1. The van der Waals surface area contributed by atoms with Crippen molar-refractivity contribution in [3.8, 4) is 0 Å². The fourth-order valence-corrected chi connectivity index (χ4v) is 4.58. The summed E-state index contributed by atoms with van der Waals surface area (Å²) >= 11 is 3.34. The molecule has 0 aliphatic carbocycles. The van der Waals surface area contributed by atoms with Gasteiger partial charge in [0.05, 0.1) is 4.90 Å². The number of benzene rings is 1. The molecule has 106 valence electrons. The van der Waals surface area contributed by atoms with E-state index in [2.05, 4.69) is 32.9 Å². The number of hydrogen-bond acceptors (Lipinski definition) is 3. The number of piperidine rings is 1. The summed E-state index contributed by atoms with van der Waals surface area (Å²) in [6.45, 7) is 5.65. The summed E-state index contributed by atoms with van der Waals surface area (Å²) in [4.78, 5) is 0.324. The number of hydrogen-bond donors (Lipinski definition) is 2. The quantitative estimate of drug-likeness (QED) is 0.880. The normalized spacial score (nSPS) is 24.4. The Balaban J connectivity index is 2.22. The minimum atomic E-state index is -3.45. The zero-order valence-electron chi connectivity index (χ0n) is 11.1. The minimum Gasteiger partial charge on any atom is -0.316 e. The third-order valence-electron chi connectivity index (χ3n) is 3.42. The zero-order valence-corrected chi connectivity index (χ0v) is 13.5. The molecule has 2 unspecified atom stereocenters. The van der Waals surface area contributed by atoms with Crippen LogP contribution in [0.25, 0.3) is 0 Å². The lowest BCUT2D eigenvalue weighted by Crippen LogP contribution is -2.48. The molecule has 19 heavy (non-hydrogen) atoms. The summed E-state index contributed by atoms with van der Waals surface area (Å²) in [5, 5.41) is 3.27. The average Bonchev–Trinajstić information content (AvgIpc) is 2.31. The van der Waals surface area contributed by atoms with Gasteiger partial charge in [-0.25, -0.2) is 13.1 Å². The van der Waals surface area contributed by atoms with E-state index in [0.29, 0.717) is 10.8 Å². The summed E-state index contributed by atoms with van der Waals surface area (Å²) in [7, 11) is -3.45. The van der Waals surface area contributed by atoms with Crippen molar-refractivity contribution in [2.24, 2.45) is 5.92 Å².